The lowest BCUT2D eigenvalue weighted by Gasteiger charge is -2.14. The molecular formula is C10H14ClN7. The fourth-order valence-electron chi connectivity index (χ4n) is 1.38. The van der Waals surface area contributed by atoms with Crippen molar-refractivity contribution in [2.75, 3.05) is 24.3 Å². The highest BCUT2D eigenvalue weighted by Gasteiger charge is 2.11. The second kappa shape index (κ2) is 5.18. The molecule has 0 amide bonds. The van der Waals surface area contributed by atoms with Gasteiger partial charge in [0.1, 0.15) is 5.82 Å². The number of H-pyrrole nitrogens is 1. The summed E-state index contributed by atoms with van der Waals surface area (Å²) < 4.78 is 0. The summed E-state index contributed by atoms with van der Waals surface area (Å²) in [5, 5.41) is 3.27. The van der Waals surface area contributed by atoms with Gasteiger partial charge in [-0.05, 0) is 18.5 Å². The van der Waals surface area contributed by atoms with Crippen LogP contribution < -0.4 is 10.2 Å². The minimum absolute atomic E-state index is 0.0477. The zero-order valence-electron chi connectivity index (χ0n) is 10.3. The van der Waals surface area contributed by atoms with E-state index in [9.17, 15) is 0 Å². The number of nitrogens with zero attached hydrogens (tertiary/aromatic N) is 5. The number of nitrogens with one attached hydrogen (secondary N) is 2. The maximum Gasteiger partial charge on any atom is 0.230 e. The first-order valence-corrected chi connectivity index (χ1v) is 5.79. The fraction of sp³-hybridized carbons (Fsp3) is 0.400. The van der Waals surface area contributed by atoms with Crippen molar-refractivity contribution in [3.05, 3.63) is 23.5 Å². The van der Waals surface area contributed by atoms with Crippen LogP contribution in [-0.2, 0) is 0 Å². The minimum atomic E-state index is -0.0477. The monoisotopic (exact) mass is 267 g/mol. The Morgan fingerprint density at radius 1 is 1.33 bits per heavy atom. The van der Waals surface area contributed by atoms with Crippen molar-refractivity contribution in [1.29, 1.82) is 0 Å². The summed E-state index contributed by atoms with van der Waals surface area (Å²) in [6.45, 7) is 1.95. The van der Waals surface area contributed by atoms with E-state index in [1.54, 1.807) is 17.3 Å². The second-order valence-electron chi connectivity index (χ2n) is 3.96. The van der Waals surface area contributed by atoms with Crippen LogP contribution >= 0.6 is 11.6 Å². The van der Waals surface area contributed by atoms with E-state index < -0.39 is 0 Å². The molecule has 0 aliphatic rings. The van der Waals surface area contributed by atoms with Gasteiger partial charge in [-0.3, -0.25) is 0 Å². The standard InChI is InChI=1S/C10H14ClN7/c1-6(7-12-4-5-13-7)14-9-15-8(11)16-10(17-9)18(2)3/h4-6H,1-3H3,(H,12,13)(H,14,15,16,17). The van der Waals surface area contributed by atoms with Gasteiger partial charge >= 0.3 is 0 Å². The lowest BCUT2D eigenvalue weighted by atomic mass is 10.3. The molecular weight excluding hydrogens is 254 g/mol. The highest BCUT2D eigenvalue weighted by Crippen LogP contribution is 2.16. The quantitative estimate of drug-likeness (QED) is 0.873. The molecule has 0 saturated heterocycles. The van der Waals surface area contributed by atoms with E-state index >= 15 is 0 Å². The Morgan fingerprint density at radius 2 is 2.11 bits per heavy atom. The Labute approximate surface area is 110 Å². The van der Waals surface area contributed by atoms with E-state index in [-0.39, 0.29) is 11.3 Å². The van der Waals surface area contributed by atoms with Crippen molar-refractivity contribution < 1.29 is 0 Å². The van der Waals surface area contributed by atoms with Crippen LogP contribution in [0.3, 0.4) is 0 Å². The van der Waals surface area contributed by atoms with E-state index in [1.165, 1.54) is 0 Å². The summed E-state index contributed by atoms with van der Waals surface area (Å²) in [4.78, 5) is 21.2. The maximum absolute atomic E-state index is 5.85. The van der Waals surface area contributed by atoms with Crippen molar-refractivity contribution in [3.8, 4) is 0 Å². The summed E-state index contributed by atoms with van der Waals surface area (Å²) in [5.74, 6) is 1.73. The average Bonchev–Trinajstić information content (AvgIpc) is 2.81. The molecule has 0 aliphatic carbocycles. The van der Waals surface area contributed by atoms with Gasteiger partial charge in [0.2, 0.25) is 17.2 Å². The van der Waals surface area contributed by atoms with Gasteiger partial charge in [0.05, 0.1) is 6.04 Å². The number of halogens is 1. The van der Waals surface area contributed by atoms with Gasteiger partial charge in [0, 0.05) is 26.5 Å². The van der Waals surface area contributed by atoms with Crippen molar-refractivity contribution in [2.24, 2.45) is 0 Å². The first-order valence-electron chi connectivity index (χ1n) is 5.41. The molecule has 1 unspecified atom stereocenters. The normalized spacial score (nSPS) is 12.2. The third kappa shape index (κ3) is 2.86. The topological polar surface area (TPSA) is 82.6 Å². The molecule has 0 fully saturated rings. The summed E-state index contributed by atoms with van der Waals surface area (Å²) in [5.41, 5.74) is 0. The molecule has 2 aromatic rings. The SMILES string of the molecule is CC(Nc1nc(Cl)nc(N(C)C)n1)c1ncc[nH]1. The van der Waals surface area contributed by atoms with Crippen LogP contribution in [0.1, 0.15) is 18.8 Å². The maximum atomic E-state index is 5.85. The number of anilines is 2. The van der Waals surface area contributed by atoms with E-state index in [2.05, 4.69) is 30.2 Å². The Morgan fingerprint density at radius 3 is 2.72 bits per heavy atom. The lowest BCUT2D eigenvalue weighted by Crippen LogP contribution is -2.16. The van der Waals surface area contributed by atoms with Gasteiger partial charge in [-0.1, -0.05) is 0 Å². The molecule has 0 saturated carbocycles. The van der Waals surface area contributed by atoms with Crippen LogP contribution in [0.5, 0.6) is 0 Å². The molecule has 96 valence electrons. The summed E-state index contributed by atoms with van der Waals surface area (Å²) in [6.07, 6.45) is 3.46. The van der Waals surface area contributed by atoms with Gasteiger partial charge < -0.3 is 15.2 Å². The molecule has 0 aliphatic heterocycles. The highest BCUT2D eigenvalue weighted by atomic mass is 35.5. The van der Waals surface area contributed by atoms with Crippen molar-refractivity contribution in [3.63, 3.8) is 0 Å². The first-order chi connectivity index (χ1) is 8.56. The van der Waals surface area contributed by atoms with Crippen molar-refractivity contribution >= 4 is 23.5 Å². The zero-order chi connectivity index (χ0) is 13.1. The molecule has 8 heteroatoms. The van der Waals surface area contributed by atoms with E-state index in [1.807, 2.05) is 21.0 Å². The Balaban J connectivity index is 2.18. The molecule has 18 heavy (non-hydrogen) atoms. The van der Waals surface area contributed by atoms with Crippen molar-refractivity contribution in [1.82, 2.24) is 24.9 Å². The summed E-state index contributed by atoms with van der Waals surface area (Å²) in [7, 11) is 3.68. The number of aromatic nitrogens is 5. The zero-order valence-corrected chi connectivity index (χ0v) is 11.1. The molecule has 0 radical (unpaired) electrons. The largest absolute Gasteiger partial charge is 0.347 e. The van der Waals surface area contributed by atoms with Crippen LogP contribution in [0.2, 0.25) is 5.28 Å². The third-order valence-electron chi connectivity index (χ3n) is 2.27. The van der Waals surface area contributed by atoms with Crippen LogP contribution in [0.25, 0.3) is 0 Å². The molecule has 7 nitrogen and oxygen atoms in total. The average molecular weight is 268 g/mol. The molecule has 0 aromatic carbocycles. The molecule has 2 rings (SSSR count). The van der Waals surface area contributed by atoms with Gasteiger partial charge in [0.25, 0.3) is 0 Å². The Hall–Kier alpha value is -1.89. The smallest absolute Gasteiger partial charge is 0.230 e. The van der Waals surface area contributed by atoms with Crippen LogP contribution in [0, 0.1) is 0 Å². The predicted molar refractivity (Wildman–Crippen MR) is 69.8 cm³/mol. The second-order valence-corrected chi connectivity index (χ2v) is 4.30. The van der Waals surface area contributed by atoms with E-state index in [4.69, 9.17) is 11.6 Å². The molecule has 2 heterocycles. The fourth-order valence-corrected chi connectivity index (χ4v) is 1.54. The molecule has 2 N–H and O–H groups in total. The number of imidazole rings is 1. The molecule has 0 bridgehead atoms. The number of aromatic amines is 1. The van der Waals surface area contributed by atoms with Crippen LogP contribution in [-0.4, -0.2) is 39.0 Å². The Kier molecular flexibility index (Phi) is 3.61. The van der Waals surface area contributed by atoms with Gasteiger partial charge in [-0.2, -0.15) is 15.0 Å². The van der Waals surface area contributed by atoms with E-state index in [0.717, 1.165) is 5.82 Å². The Bertz CT molecular complexity index is 511. The summed E-state index contributed by atoms with van der Waals surface area (Å²) in [6, 6.07) is -0.0477. The summed E-state index contributed by atoms with van der Waals surface area (Å²) >= 11 is 5.85. The lowest BCUT2D eigenvalue weighted by molar-refractivity contribution is 0.790. The first kappa shape index (κ1) is 12.6. The van der Waals surface area contributed by atoms with Crippen LogP contribution in [0.15, 0.2) is 12.4 Å². The number of hydrogen-bond donors (Lipinski definition) is 2. The molecule has 2 aromatic heterocycles. The predicted octanol–water partition coefficient (Wildman–Crippen LogP) is 1.49. The number of rotatable bonds is 4. The van der Waals surface area contributed by atoms with Gasteiger partial charge in [0.15, 0.2) is 0 Å². The van der Waals surface area contributed by atoms with Gasteiger partial charge in [-0.25, -0.2) is 4.98 Å². The minimum Gasteiger partial charge on any atom is -0.347 e. The van der Waals surface area contributed by atoms with E-state index in [0.29, 0.717) is 11.9 Å². The van der Waals surface area contributed by atoms with Crippen molar-refractivity contribution in [2.45, 2.75) is 13.0 Å². The van der Waals surface area contributed by atoms with Gasteiger partial charge in [-0.15, -0.1) is 0 Å². The number of hydrogen-bond acceptors (Lipinski definition) is 6. The third-order valence-corrected chi connectivity index (χ3v) is 2.44. The molecule has 1 atom stereocenters. The highest BCUT2D eigenvalue weighted by molar-refractivity contribution is 6.28. The van der Waals surface area contributed by atoms with Crippen LogP contribution in [0.4, 0.5) is 11.9 Å². The molecule has 0 spiro atoms.